The maximum absolute atomic E-state index is 11.1. The number of hydrogen-bond donors (Lipinski definition) is 1. The Bertz CT molecular complexity index is 584. The van der Waals surface area contributed by atoms with Gasteiger partial charge >= 0.3 is 5.97 Å². The summed E-state index contributed by atoms with van der Waals surface area (Å²) >= 11 is 11.9. The summed E-state index contributed by atoms with van der Waals surface area (Å²) < 4.78 is 0. The molecule has 0 amide bonds. The lowest BCUT2D eigenvalue weighted by Crippen LogP contribution is -2.00. The van der Waals surface area contributed by atoms with E-state index in [0.717, 1.165) is 0 Å². The lowest BCUT2D eigenvalue weighted by Gasteiger charge is -2.07. The van der Waals surface area contributed by atoms with Gasteiger partial charge in [0.25, 0.3) is 0 Å². The molecule has 1 heterocycles. The molecule has 86 valence electrons. The van der Waals surface area contributed by atoms with Crippen molar-refractivity contribution in [2.24, 2.45) is 0 Å². The summed E-state index contributed by atoms with van der Waals surface area (Å²) in [5.41, 5.74) is 1.15. The molecular weight excluding hydrogens is 261 g/mol. The van der Waals surface area contributed by atoms with E-state index in [1.807, 2.05) is 0 Å². The van der Waals surface area contributed by atoms with Crippen molar-refractivity contribution in [1.29, 1.82) is 0 Å². The minimum absolute atomic E-state index is 0.143. The first kappa shape index (κ1) is 11.9. The van der Waals surface area contributed by atoms with Gasteiger partial charge in [0, 0.05) is 33.6 Å². The molecule has 0 atom stereocenters. The summed E-state index contributed by atoms with van der Waals surface area (Å²) in [7, 11) is 0. The third kappa shape index (κ3) is 2.40. The molecule has 1 N–H and O–H groups in total. The monoisotopic (exact) mass is 267 g/mol. The lowest BCUT2D eigenvalue weighted by atomic mass is 10.0. The van der Waals surface area contributed by atoms with Gasteiger partial charge in [-0.2, -0.15) is 0 Å². The van der Waals surface area contributed by atoms with Gasteiger partial charge in [0.05, 0.1) is 5.56 Å². The fourth-order valence-electron chi connectivity index (χ4n) is 1.50. The van der Waals surface area contributed by atoms with E-state index in [-0.39, 0.29) is 5.56 Å². The molecule has 0 saturated carbocycles. The number of halogens is 2. The van der Waals surface area contributed by atoms with Crippen molar-refractivity contribution in [3.05, 3.63) is 52.3 Å². The van der Waals surface area contributed by atoms with Crippen molar-refractivity contribution >= 4 is 29.2 Å². The number of pyridine rings is 1. The van der Waals surface area contributed by atoms with Crippen LogP contribution in [0.5, 0.6) is 0 Å². The second-order valence-corrected chi connectivity index (χ2v) is 4.19. The zero-order valence-electron chi connectivity index (χ0n) is 8.52. The van der Waals surface area contributed by atoms with Gasteiger partial charge in [0.2, 0.25) is 0 Å². The van der Waals surface area contributed by atoms with Crippen LogP contribution >= 0.6 is 23.2 Å². The topological polar surface area (TPSA) is 50.2 Å². The van der Waals surface area contributed by atoms with E-state index in [9.17, 15) is 4.79 Å². The molecule has 17 heavy (non-hydrogen) atoms. The first-order valence-electron chi connectivity index (χ1n) is 4.72. The van der Waals surface area contributed by atoms with Crippen LogP contribution in [0.25, 0.3) is 11.1 Å². The highest BCUT2D eigenvalue weighted by molar-refractivity contribution is 6.35. The summed E-state index contributed by atoms with van der Waals surface area (Å²) in [4.78, 5) is 15.0. The van der Waals surface area contributed by atoms with E-state index in [1.165, 1.54) is 18.5 Å². The van der Waals surface area contributed by atoms with Crippen molar-refractivity contribution in [1.82, 2.24) is 4.98 Å². The highest BCUT2D eigenvalue weighted by Gasteiger charge is 2.14. The number of nitrogens with zero attached hydrogens (tertiary/aromatic N) is 1. The number of carboxylic acids is 1. The average Bonchev–Trinajstić information content (AvgIpc) is 2.32. The molecule has 0 unspecified atom stereocenters. The number of rotatable bonds is 2. The molecule has 1 aromatic heterocycles. The summed E-state index contributed by atoms with van der Waals surface area (Å²) in [5, 5.41) is 10.0. The highest BCUT2D eigenvalue weighted by Crippen LogP contribution is 2.32. The largest absolute Gasteiger partial charge is 0.478 e. The van der Waals surface area contributed by atoms with E-state index < -0.39 is 5.97 Å². The number of carbonyl (C=O) groups is 1. The third-order valence-corrected chi connectivity index (χ3v) is 2.83. The lowest BCUT2D eigenvalue weighted by molar-refractivity contribution is 0.0697. The Kier molecular flexibility index (Phi) is 3.31. The van der Waals surface area contributed by atoms with Crippen LogP contribution in [0.2, 0.25) is 10.0 Å². The van der Waals surface area contributed by atoms with Gasteiger partial charge in [0.1, 0.15) is 0 Å². The predicted octanol–water partition coefficient (Wildman–Crippen LogP) is 3.75. The Labute approximate surface area is 108 Å². The fourth-order valence-corrected chi connectivity index (χ4v) is 1.89. The first-order valence-corrected chi connectivity index (χ1v) is 5.48. The van der Waals surface area contributed by atoms with E-state index in [0.29, 0.717) is 21.2 Å². The fraction of sp³-hybridized carbons (Fsp3) is 0. The molecule has 2 aromatic rings. The Morgan fingerprint density at radius 2 is 1.94 bits per heavy atom. The Hall–Kier alpha value is -1.58. The van der Waals surface area contributed by atoms with Gasteiger partial charge in [-0.05, 0) is 24.3 Å². The van der Waals surface area contributed by atoms with Crippen molar-refractivity contribution in [3.8, 4) is 11.1 Å². The second kappa shape index (κ2) is 4.73. The maximum Gasteiger partial charge on any atom is 0.336 e. The smallest absolute Gasteiger partial charge is 0.336 e. The number of aromatic carboxylic acids is 1. The van der Waals surface area contributed by atoms with Crippen LogP contribution in [0, 0.1) is 0 Å². The van der Waals surface area contributed by atoms with Crippen molar-refractivity contribution < 1.29 is 9.90 Å². The molecule has 3 nitrogen and oxygen atoms in total. The Morgan fingerprint density at radius 3 is 2.65 bits per heavy atom. The van der Waals surface area contributed by atoms with Crippen molar-refractivity contribution in [2.75, 3.05) is 0 Å². The molecule has 0 saturated heterocycles. The van der Waals surface area contributed by atoms with Crippen LogP contribution in [-0.4, -0.2) is 16.1 Å². The Balaban J connectivity index is 2.68. The number of hydrogen-bond acceptors (Lipinski definition) is 2. The van der Waals surface area contributed by atoms with Crippen LogP contribution in [0.1, 0.15) is 10.4 Å². The molecule has 0 bridgehead atoms. The van der Waals surface area contributed by atoms with E-state index >= 15 is 0 Å². The minimum atomic E-state index is -1.03. The first-order chi connectivity index (χ1) is 8.09. The second-order valence-electron chi connectivity index (χ2n) is 3.35. The molecular formula is C12H7Cl2NO2. The molecule has 0 aliphatic carbocycles. The molecule has 0 fully saturated rings. The molecule has 2 rings (SSSR count). The molecule has 0 aliphatic rings. The van der Waals surface area contributed by atoms with E-state index in [4.69, 9.17) is 28.3 Å². The van der Waals surface area contributed by atoms with E-state index in [1.54, 1.807) is 18.2 Å². The van der Waals surface area contributed by atoms with E-state index in [2.05, 4.69) is 4.98 Å². The van der Waals surface area contributed by atoms with Crippen LogP contribution < -0.4 is 0 Å². The standard InChI is InChI=1S/C12H7Cl2NO2/c13-7-1-2-11(14)9(5-7)10-6-15-4-3-8(10)12(16)17/h1-6H,(H,16,17). The quantitative estimate of drug-likeness (QED) is 0.902. The normalized spacial score (nSPS) is 10.2. The molecule has 0 spiro atoms. The summed E-state index contributed by atoms with van der Waals surface area (Å²) in [6, 6.07) is 6.31. The van der Waals surface area contributed by atoms with Crippen LogP contribution in [0.4, 0.5) is 0 Å². The summed E-state index contributed by atoms with van der Waals surface area (Å²) in [6.45, 7) is 0. The van der Waals surface area contributed by atoms with Gasteiger partial charge in [-0.1, -0.05) is 23.2 Å². The van der Waals surface area contributed by atoms with Gasteiger partial charge in [-0.3, -0.25) is 4.98 Å². The maximum atomic E-state index is 11.1. The van der Waals surface area contributed by atoms with Crippen LogP contribution in [0.3, 0.4) is 0 Å². The van der Waals surface area contributed by atoms with Gasteiger partial charge in [-0.25, -0.2) is 4.79 Å². The van der Waals surface area contributed by atoms with Crippen molar-refractivity contribution in [3.63, 3.8) is 0 Å². The molecule has 0 aliphatic heterocycles. The van der Waals surface area contributed by atoms with Gasteiger partial charge < -0.3 is 5.11 Å². The molecule has 1 aromatic carbocycles. The van der Waals surface area contributed by atoms with Crippen molar-refractivity contribution in [2.45, 2.75) is 0 Å². The predicted molar refractivity (Wildman–Crippen MR) is 66.7 cm³/mol. The minimum Gasteiger partial charge on any atom is -0.478 e. The third-order valence-electron chi connectivity index (χ3n) is 2.27. The summed E-state index contributed by atoms with van der Waals surface area (Å²) in [6.07, 6.45) is 2.88. The molecule has 0 radical (unpaired) electrons. The van der Waals surface area contributed by atoms with Crippen LogP contribution in [0.15, 0.2) is 36.7 Å². The molecule has 5 heteroatoms. The number of benzene rings is 1. The van der Waals surface area contributed by atoms with Gasteiger partial charge in [0.15, 0.2) is 0 Å². The van der Waals surface area contributed by atoms with Gasteiger partial charge in [-0.15, -0.1) is 0 Å². The highest BCUT2D eigenvalue weighted by atomic mass is 35.5. The Morgan fingerprint density at radius 1 is 1.18 bits per heavy atom. The number of aromatic nitrogens is 1. The van der Waals surface area contributed by atoms with Crippen LogP contribution in [-0.2, 0) is 0 Å². The zero-order chi connectivity index (χ0) is 12.4. The summed E-state index contributed by atoms with van der Waals surface area (Å²) in [5.74, 6) is -1.03. The SMILES string of the molecule is O=C(O)c1ccncc1-c1cc(Cl)ccc1Cl. The average molecular weight is 268 g/mol. The zero-order valence-corrected chi connectivity index (χ0v) is 10.0. The number of carboxylic acid groups (broad SMARTS) is 1.